The van der Waals surface area contributed by atoms with Gasteiger partial charge in [-0.15, -0.1) is 0 Å². The molecule has 0 atom stereocenters. The van der Waals surface area contributed by atoms with Gasteiger partial charge in [-0.25, -0.2) is 4.98 Å². The van der Waals surface area contributed by atoms with E-state index in [2.05, 4.69) is 28.2 Å². The van der Waals surface area contributed by atoms with E-state index in [4.69, 9.17) is 0 Å². The molecule has 0 amide bonds. The number of hydrogen-bond acceptors (Lipinski definition) is 3. The summed E-state index contributed by atoms with van der Waals surface area (Å²) in [6.07, 6.45) is 7.32. The molecule has 0 spiro atoms. The molecule has 0 saturated carbocycles. The zero-order chi connectivity index (χ0) is 11.5. The average molecular weight is 216 g/mol. The minimum Gasteiger partial charge on any atom is -0.321 e. The van der Waals surface area contributed by atoms with E-state index >= 15 is 0 Å². The maximum Gasteiger partial charge on any atom is 0.283 e. The number of nitrogens with one attached hydrogen (secondary N) is 1. The van der Waals surface area contributed by atoms with Crippen LogP contribution in [0.5, 0.6) is 0 Å². The van der Waals surface area contributed by atoms with Crippen LogP contribution in [0.3, 0.4) is 0 Å². The summed E-state index contributed by atoms with van der Waals surface area (Å²) >= 11 is 0. The van der Waals surface area contributed by atoms with Crippen LogP contribution in [0, 0.1) is 13.3 Å². The van der Waals surface area contributed by atoms with Crippen molar-refractivity contribution in [3.63, 3.8) is 0 Å². The fourth-order valence-corrected chi connectivity index (χ4v) is 1.83. The van der Waals surface area contributed by atoms with Gasteiger partial charge in [0.05, 0.1) is 5.39 Å². The molecule has 16 heavy (non-hydrogen) atoms. The summed E-state index contributed by atoms with van der Waals surface area (Å²) in [6, 6.07) is 0. The van der Waals surface area contributed by atoms with E-state index in [0.717, 1.165) is 30.4 Å². The molecular formula is C12H14N3O. The summed E-state index contributed by atoms with van der Waals surface area (Å²) in [5.41, 5.74) is 2.46. The third-order valence-electron chi connectivity index (χ3n) is 2.73. The number of nitrogens with zero attached hydrogens (tertiary/aromatic N) is 2. The Balaban J connectivity index is 2.68. The zero-order valence-corrected chi connectivity index (χ0v) is 9.50. The van der Waals surface area contributed by atoms with Gasteiger partial charge in [0.25, 0.3) is 5.56 Å². The van der Waals surface area contributed by atoms with Gasteiger partial charge in [-0.3, -0.25) is 4.79 Å². The van der Waals surface area contributed by atoms with Crippen molar-refractivity contribution in [3.8, 4) is 0 Å². The quantitative estimate of drug-likeness (QED) is 0.850. The second-order valence-electron chi connectivity index (χ2n) is 3.90. The number of fused-ring (bicyclic) bond motifs is 1. The van der Waals surface area contributed by atoms with E-state index in [1.165, 1.54) is 0 Å². The highest BCUT2D eigenvalue weighted by Gasteiger charge is 2.09. The van der Waals surface area contributed by atoms with E-state index in [0.29, 0.717) is 11.0 Å². The molecule has 0 aromatic carbocycles. The summed E-state index contributed by atoms with van der Waals surface area (Å²) in [7, 11) is 0. The minimum atomic E-state index is -0.240. The van der Waals surface area contributed by atoms with Crippen molar-refractivity contribution in [2.75, 3.05) is 0 Å². The molecule has 2 aromatic rings. The Morgan fingerprint density at radius 2 is 2.31 bits per heavy atom. The smallest absolute Gasteiger partial charge is 0.283 e. The molecule has 2 rings (SSSR count). The molecule has 0 bridgehead atoms. The van der Waals surface area contributed by atoms with E-state index < -0.39 is 0 Å². The number of aromatic nitrogens is 3. The molecule has 0 fully saturated rings. The van der Waals surface area contributed by atoms with Crippen LogP contribution in [0.4, 0.5) is 0 Å². The van der Waals surface area contributed by atoms with Gasteiger partial charge in [-0.1, -0.05) is 13.3 Å². The predicted octanol–water partition coefficient (Wildman–Crippen LogP) is 1.77. The fraction of sp³-hybridized carbons (Fsp3) is 0.417. The predicted molar refractivity (Wildman–Crippen MR) is 62.3 cm³/mol. The summed E-state index contributed by atoms with van der Waals surface area (Å²) in [6.45, 7) is 4.11. The van der Waals surface area contributed by atoms with Gasteiger partial charge in [0, 0.05) is 6.20 Å². The number of H-pyrrole nitrogens is 1. The first-order chi connectivity index (χ1) is 7.74. The molecule has 2 heterocycles. The largest absolute Gasteiger partial charge is 0.321 e. The van der Waals surface area contributed by atoms with Crippen LogP contribution in [0.25, 0.3) is 11.0 Å². The highest BCUT2D eigenvalue weighted by molar-refractivity contribution is 5.78. The van der Waals surface area contributed by atoms with Crippen molar-refractivity contribution in [2.24, 2.45) is 0 Å². The average Bonchev–Trinajstić information content (AvgIpc) is 2.28. The van der Waals surface area contributed by atoms with Crippen LogP contribution in [-0.2, 0) is 6.42 Å². The second-order valence-corrected chi connectivity index (χ2v) is 3.90. The molecule has 1 N–H and O–H groups in total. The van der Waals surface area contributed by atoms with Crippen molar-refractivity contribution >= 4 is 11.0 Å². The lowest BCUT2D eigenvalue weighted by Gasteiger charge is -2.07. The molecule has 1 radical (unpaired) electrons. The highest BCUT2D eigenvalue weighted by atomic mass is 16.1. The Morgan fingerprint density at radius 3 is 3.06 bits per heavy atom. The van der Waals surface area contributed by atoms with Gasteiger partial charge >= 0.3 is 0 Å². The molecule has 0 aliphatic carbocycles. The lowest BCUT2D eigenvalue weighted by molar-refractivity contribution is 0.793. The first-order valence-corrected chi connectivity index (χ1v) is 5.48. The second kappa shape index (κ2) is 4.43. The summed E-state index contributed by atoms with van der Waals surface area (Å²) < 4.78 is 0. The first kappa shape index (κ1) is 10.8. The van der Waals surface area contributed by atoms with Gasteiger partial charge in [0.15, 0.2) is 6.33 Å². The third kappa shape index (κ3) is 1.83. The Bertz CT molecular complexity index is 560. The topological polar surface area (TPSA) is 58.6 Å². The summed E-state index contributed by atoms with van der Waals surface area (Å²) in [5, 5.41) is 0.618. The Labute approximate surface area is 93.8 Å². The number of unbranched alkanes of at least 4 members (excludes halogenated alkanes) is 1. The van der Waals surface area contributed by atoms with Crippen LogP contribution in [-0.4, -0.2) is 15.0 Å². The number of aryl methyl sites for hydroxylation is 2. The molecule has 0 aliphatic rings. The van der Waals surface area contributed by atoms with Crippen LogP contribution >= 0.6 is 0 Å². The number of aromatic amines is 1. The van der Waals surface area contributed by atoms with Gasteiger partial charge in [-0.2, -0.15) is 4.98 Å². The van der Waals surface area contributed by atoms with E-state index in [1.54, 1.807) is 6.20 Å². The van der Waals surface area contributed by atoms with Crippen molar-refractivity contribution in [1.82, 2.24) is 15.0 Å². The monoisotopic (exact) mass is 216 g/mol. The van der Waals surface area contributed by atoms with Crippen LogP contribution < -0.4 is 5.56 Å². The van der Waals surface area contributed by atoms with E-state index in [9.17, 15) is 4.79 Å². The van der Waals surface area contributed by atoms with Crippen LogP contribution in [0.15, 0.2) is 11.0 Å². The summed E-state index contributed by atoms with van der Waals surface area (Å²) in [4.78, 5) is 22.3. The van der Waals surface area contributed by atoms with Crippen molar-refractivity contribution in [3.05, 3.63) is 34.0 Å². The lowest BCUT2D eigenvalue weighted by Crippen LogP contribution is -2.11. The molecule has 83 valence electrons. The molecular weight excluding hydrogens is 202 g/mol. The Kier molecular flexibility index (Phi) is 2.99. The van der Waals surface area contributed by atoms with Gasteiger partial charge in [-0.05, 0) is 30.9 Å². The highest BCUT2D eigenvalue weighted by Crippen LogP contribution is 2.17. The SMILES string of the molecule is CCCCc1c(C)cnc2[nH][c]nc(=O)c12. The van der Waals surface area contributed by atoms with Gasteiger partial charge in [0.2, 0.25) is 0 Å². The Hall–Kier alpha value is -1.71. The van der Waals surface area contributed by atoms with Crippen molar-refractivity contribution < 1.29 is 0 Å². The van der Waals surface area contributed by atoms with Gasteiger partial charge in [0.1, 0.15) is 5.65 Å². The molecule has 0 unspecified atom stereocenters. The third-order valence-corrected chi connectivity index (χ3v) is 2.73. The molecule has 2 aromatic heterocycles. The molecule has 4 nitrogen and oxygen atoms in total. The molecule has 0 saturated heterocycles. The minimum absolute atomic E-state index is 0.240. The number of pyridine rings is 1. The fourth-order valence-electron chi connectivity index (χ4n) is 1.83. The maximum atomic E-state index is 11.7. The first-order valence-electron chi connectivity index (χ1n) is 5.48. The molecule has 4 heteroatoms. The van der Waals surface area contributed by atoms with Crippen molar-refractivity contribution in [1.29, 1.82) is 0 Å². The zero-order valence-electron chi connectivity index (χ0n) is 9.50. The van der Waals surface area contributed by atoms with Crippen LogP contribution in [0.2, 0.25) is 0 Å². The number of hydrogen-bond donors (Lipinski definition) is 1. The number of rotatable bonds is 3. The normalized spacial score (nSPS) is 10.9. The molecule has 0 aliphatic heterocycles. The Morgan fingerprint density at radius 1 is 1.50 bits per heavy atom. The van der Waals surface area contributed by atoms with Gasteiger partial charge < -0.3 is 4.98 Å². The maximum absolute atomic E-state index is 11.7. The van der Waals surface area contributed by atoms with E-state index in [1.807, 2.05) is 6.92 Å². The van der Waals surface area contributed by atoms with E-state index in [-0.39, 0.29) is 5.56 Å². The summed E-state index contributed by atoms with van der Waals surface area (Å²) in [5.74, 6) is 0. The van der Waals surface area contributed by atoms with Crippen molar-refractivity contribution in [2.45, 2.75) is 33.1 Å². The van der Waals surface area contributed by atoms with Crippen LogP contribution in [0.1, 0.15) is 30.9 Å². The lowest BCUT2D eigenvalue weighted by atomic mass is 10.0. The standard InChI is InChI=1S/C12H14N3O/c1-3-4-5-9-8(2)6-13-11-10(9)12(16)15-7-14-11/h6H,3-5H2,1-2H3,(H,13,14,15,16).